The zero-order chi connectivity index (χ0) is 27.9. The molecule has 0 heterocycles. The highest BCUT2D eigenvalue weighted by atomic mass is 32.2. The van der Waals surface area contributed by atoms with Gasteiger partial charge in [0.05, 0.1) is 10.6 Å². The van der Waals surface area contributed by atoms with Gasteiger partial charge in [-0.1, -0.05) is 43.3 Å². The molecule has 0 radical (unpaired) electrons. The SMILES string of the molecule is CCNC(=O)[C@@H](CC)N(Cc1ccc(F)cc1)C(=O)CN(c1cc(C)cc(C)c1)S(=O)(=O)c1ccccc1. The van der Waals surface area contributed by atoms with E-state index in [0.717, 1.165) is 15.4 Å². The fourth-order valence-corrected chi connectivity index (χ4v) is 5.76. The number of carbonyl (C=O) groups excluding carboxylic acids is 2. The molecule has 0 aliphatic rings. The van der Waals surface area contributed by atoms with E-state index < -0.39 is 34.3 Å². The van der Waals surface area contributed by atoms with Gasteiger partial charge in [-0.15, -0.1) is 0 Å². The Labute approximate surface area is 224 Å². The number of carbonyl (C=O) groups is 2. The fourth-order valence-electron chi connectivity index (χ4n) is 4.34. The van der Waals surface area contributed by atoms with Crippen molar-refractivity contribution in [2.24, 2.45) is 0 Å². The highest BCUT2D eigenvalue weighted by molar-refractivity contribution is 7.92. The Balaban J connectivity index is 2.07. The summed E-state index contributed by atoms with van der Waals surface area (Å²) < 4.78 is 42.3. The van der Waals surface area contributed by atoms with Crippen molar-refractivity contribution in [3.63, 3.8) is 0 Å². The molecule has 0 bridgehead atoms. The molecule has 3 aromatic carbocycles. The van der Waals surface area contributed by atoms with Crippen LogP contribution in [0.2, 0.25) is 0 Å². The molecule has 0 aromatic heterocycles. The molecule has 0 spiro atoms. The van der Waals surface area contributed by atoms with E-state index in [0.29, 0.717) is 24.2 Å². The molecule has 1 atom stereocenters. The van der Waals surface area contributed by atoms with Gasteiger partial charge in [0.15, 0.2) is 0 Å². The van der Waals surface area contributed by atoms with Crippen LogP contribution in [0.4, 0.5) is 10.1 Å². The van der Waals surface area contributed by atoms with Crippen molar-refractivity contribution in [3.8, 4) is 0 Å². The minimum atomic E-state index is -4.12. The maximum Gasteiger partial charge on any atom is 0.264 e. The van der Waals surface area contributed by atoms with Crippen LogP contribution in [0, 0.1) is 19.7 Å². The summed E-state index contributed by atoms with van der Waals surface area (Å²) in [7, 11) is -4.12. The number of benzene rings is 3. The molecular weight excluding hydrogens is 505 g/mol. The molecule has 9 heteroatoms. The number of rotatable bonds is 11. The van der Waals surface area contributed by atoms with Gasteiger partial charge >= 0.3 is 0 Å². The molecule has 7 nitrogen and oxygen atoms in total. The predicted octanol–water partition coefficient (Wildman–Crippen LogP) is 4.58. The number of nitrogens with one attached hydrogen (secondary N) is 1. The minimum Gasteiger partial charge on any atom is -0.355 e. The number of halogens is 1. The van der Waals surface area contributed by atoms with E-state index in [4.69, 9.17) is 0 Å². The topological polar surface area (TPSA) is 86.8 Å². The van der Waals surface area contributed by atoms with Crippen LogP contribution >= 0.6 is 0 Å². The number of hydrogen-bond acceptors (Lipinski definition) is 4. The summed E-state index contributed by atoms with van der Waals surface area (Å²) in [5.74, 6) is -1.31. The molecule has 0 unspecified atom stereocenters. The molecule has 0 saturated carbocycles. The Bertz CT molecular complexity index is 1340. The molecule has 38 heavy (non-hydrogen) atoms. The zero-order valence-corrected chi connectivity index (χ0v) is 23.0. The third-order valence-electron chi connectivity index (χ3n) is 6.11. The lowest BCUT2D eigenvalue weighted by molar-refractivity contribution is -0.140. The van der Waals surface area contributed by atoms with Crippen LogP contribution < -0.4 is 9.62 Å². The van der Waals surface area contributed by atoms with Gasteiger partial charge in [0.2, 0.25) is 11.8 Å². The van der Waals surface area contributed by atoms with Gasteiger partial charge in [0.25, 0.3) is 10.0 Å². The van der Waals surface area contributed by atoms with E-state index in [1.165, 1.54) is 29.2 Å². The second-order valence-electron chi connectivity index (χ2n) is 9.14. The summed E-state index contributed by atoms with van der Waals surface area (Å²) in [6.07, 6.45) is 0.313. The van der Waals surface area contributed by atoms with Crippen LogP contribution in [0.5, 0.6) is 0 Å². The van der Waals surface area contributed by atoms with Gasteiger partial charge in [-0.3, -0.25) is 13.9 Å². The maximum atomic E-state index is 13.9. The fraction of sp³-hybridized carbons (Fsp3) is 0.310. The smallest absolute Gasteiger partial charge is 0.264 e. The summed E-state index contributed by atoms with van der Waals surface area (Å²) in [5, 5.41) is 2.76. The van der Waals surface area contributed by atoms with E-state index in [2.05, 4.69) is 5.32 Å². The van der Waals surface area contributed by atoms with Gasteiger partial charge in [-0.05, 0) is 80.3 Å². The second-order valence-corrected chi connectivity index (χ2v) is 11.0. The second kappa shape index (κ2) is 12.7. The lowest BCUT2D eigenvalue weighted by atomic mass is 10.1. The van der Waals surface area contributed by atoms with E-state index >= 15 is 0 Å². The Morgan fingerprint density at radius 3 is 2.08 bits per heavy atom. The molecule has 0 saturated heterocycles. The Kier molecular flexibility index (Phi) is 9.63. The average Bonchev–Trinajstić information content (AvgIpc) is 2.88. The van der Waals surface area contributed by atoms with Crippen LogP contribution in [0.1, 0.15) is 37.0 Å². The number of aryl methyl sites for hydroxylation is 2. The Morgan fingerprint density at radius 2 is 1.53 bits per heavy atom. The first-order chi connectivity index (χ1) is 18.1. The van der Waals surface area contributed by atoms with Crippen molar-refractivity contribution < 1.29 is 22.4 Å². The van der Waals surface area contributed by atoms with Crippen LogP contribution in [0.15, 0.2) is 77.7 Å². The van der Waals surface area contributed by atoms with Crippen molar-refractivity contribution in [2.45, 2.75) is 51.6 Å². The molecule has 202 valence electrons. The number of sulfonamides is 1. The van der Waals surface area contributed by atoms with Crippen molar-refractivity contribution in [1.29, 1.82) is 0 Å². The first kappa shape index (κ1) is 28.8. The van der Waals surface area contributed by atoms with Crippen molar-refractivity contribution in [3.05, 3.63) is 95.3 Å². The zero-order valence-electron chi connectivity index (χ0n) is 22.1. The quantitative estimate of drug-likeness (QED) is 0.387. The van der Waals surface area contributed by atoms with Crippen molar-refractivity contribution in [1.82, 2.24) is 10.2 Å². The summed E-state index contributed by atoms with van der Waals surface area (Å²) in [6, 6.07) is 18.1. The minimum absolute atomic E-state index is 0.0147. The normalized spacial score (nSPS) is 12.0. The molecule has 0 aliphatic heterocycles. The van der Waals surface area contributed by atoms with E-state index in [1.54, 1.807) is 56.3 Å². The predicted molar refractivity (Wildman–Crippen MR) is 147 cm³/mol. The van der Waals surface area contributed by atoms with Gasteiger partial charge in [-0.25, -0.2) is 12.8 Å². The Morgan fingerprint density at radius 1 is 0.921 bits per heavy atom. The molecule has 0 aliphatic carbocycles. The number of likely N-dealkylation sites (N-methyl/N-ethyl adjacent to an activating group) is 1. The number of nitrogens with zero attached hydrogens (tertiary/aromatic N) is 2. The third kappa shape index (κ3) is 6.98. The molecule has 0 fully saturated rings. The third-order valence-corrected chi connectivity index (χ3v) is 7.90. The number of hydrogen-bond donors (Lipinski definition) is 1. The highest BCUT2D eigenvalue weighted by Crippen LogP contribution is 2.27. The first-order valence-electron chi connectivity index (χ1n) is 12.5. The number of anilines is 1. The van der Waals surface area contributed by atoms with Crippen molar-refractivity contribution in [2.75, 3.05) is 17.4 Å². The largest absolute Gasteiger partial charge is 0.355 e. The Hall–Kier alpha value is -3.72. The van der Waals surface area contributed by atoms with Crippen LogP contribution in [-0.4, -0.2) is 44.3 Å². The lowest BCUT2D eigenvalue weighted by Gasteiger charge is -2.33. The molecular formula is C29H34FN3O4S. The molecule has 2 amide bonds. The molecule has 1 N–H and O–H groups in total. The highest BCUT2D eigenvalue weighted by Gasteiger charge is 2.33. The summed E-state index contributed by atoms with van der Waals surface area (Å²) >= 11 is 0. The van der Waals surface area contributed by atoms with Crippen LogP contribution in [-0.2, 0) is 26.2 Å². The van der Waals surface area contributed by atoms with Crippen LogP contribution in [0.3, 0.4) is 0 Å². The summed E-state index contributed by atoms with van der Waals surface area (Å²) in [4.78, 5) is 28.3. The van der Waals surface area contributed by atoms with Gasteiger partial charge in [0, 0.05) is 13.1 Å². The van der Waals surface area contributed by atoms with Gasteiger partial charge in [0.1, 0.15) is 18.4 Å². The number of amides is 2. The first-order valence-corrected chi connectivity index (χ1v) is 14.0. The average molecular weight is 540 g/mol. The molecule has 3 rings (SSSR count). The standard InChI is InChI=1S/C29H34FN3O4S/c1-5-27(29(35)31-6-2)32(19-23-12-14-24(30)15-13-23)28(34)20-33(25-17-21(3)16-22(4)18-25)38(36,37)26-10-8-7-9-11-26/h7-18,27H,5-6,19-20H2,1-4H3,(H,31,35)/t27-/m1/s1. The van der Waals surface area contributed by atoms with E-state index in [1.807, 2.05) is 19.9 Å². The van der Waals surface area contributed by atoms with E-state index in [9.17, 15) is 22.4 Å². The maximum absolute atomic E-state index is 13.9. The molecule has 3 aromatic rings. The monoisotopic (exact) mass is 539 g/mol. The summed E-state index contributed by atoms with van der Waals surface area (Å²) in [6.45, 7) is 7.16. The van der Waals surface area contributed by atoms with Gasteiger partial charge in [-0.2, -0.15) is 0 Å². The van der Waals surface area contributed by atoms with Gasteiger partial charge < -0.3 is 10.2 Å². The summed E-state index contributed by atoms with van der Waals surface area (Å²) in [5.41, 5.74) is 2.66. The van der Waals surface area contributed by atoms with Crippen molar-refractivity contribution >= 4 is 27.5 Å². The van der Waals surface area contributed by atoms with Crippen LogP contribution in [0.25, 0.3) is 0 Å². The van der Waals surface area contributed by atoms with E-state index in [-0.39, 0.29) is 17.3 Å². The lowest BCUT2D eigenvalue weighted by Crippen LogP contribution is -2.52.